The van der Waals surface area contributed by atoms with Gasteiger partial charge in [0.1, 0.15) is 17.2 Å². The van der Waals surface area contributed by atoms with Gasteiger partial charge >= 0.3 is 0 Å². The number of nitrogens with zero attached hydrogens (tertiary/aromatic N) is 5. The summed E-state index contributed by atoms with van der Waals surface area (Å²) in [6, 6.07) is 3.68. The Kier molecular flexibility index (Phi) is 5.65. The topological polar surface area (TPSA) is 93.1 Å². The van der Waals surface area contributed by atoms with Gasteiger partial charge in [0.25, 0.3) is 5.91 Å². The summed E-state index contributed by atoms with van der Waals surface area (Å²) >= 11 is 0. The minimum absolute atomic E-state index is 0.0107. The first-order chi connectivity index (χ1) is 12.9. The van der Waals surface area contributed by atoms with Gasteiger partial charge in [-0.15, -0.1) is 0 Å². The second kappa shape index (κ2) is 7.96. The van der Waals surface area contributed by atoms with Gasteiger partial charge in [-0.05, 0) is 39.7 Å². The van der Waals surface area contributed by atoms with Gasteiger partial charge in [0, 0.05) is 44.6 Å². The number of likely N-dealkylation sites (tertiary alicyclic amines) is 1. The van der Waals surface area contributed by atoms with E-state index in [9.17, 15) is 4.79 Å². The number of rotatable bonds is 5. The fraction of sp³-hybridized carbons (Fsp3) is 0.526. The van der Waals surface area contributed by atoms with E-state index in [0.717, 1.165) is 25.1 Å². The molecule has 0 bridgehead atoms. The van der Waals surface area contributed by atoms with Crippen molar-refractivity contribution in [2.75, 3.05) is 25.5 Å². The van der Waals surface area contributed by atoms with Crippen LogP contribution < -0.4 is 5.32 Å². The Bertz CT molecular complexity index is 796. The van der Waals surface area contributed by atoms with Crippen LogP contribution in [0, 0.1) is 6.92 Å². The highest BCUT2D eigenvalue weighted by atomic mass is 16.5. The molecule has 0 unspecified atom stereocenters. The van der Waals surface area contributed by atoms with Crippen LogP contribution in [0.3, 0.4) is 0 Å². The number of ether oxygens (including phenoxy) is 1. The highest BCUT2D eigenvalue weighted by Crippen LogP contribution is 2.29. The van der Waals surface area contributed by atoms with E-state index >= 15 is 0 Å². The summed E-state index contributed by atoms with van der Waals surface area (Å²) in [6.07, 6.45) is 5.26. The predicted molar refractivity (Wildman–Crippen MR) is 102 cm³/mol. The second-order valence-electron chi connectivity index (χ2n) is 7.23. The third-order valence-electron chi connectivity index (χ3n) is 4.82. The highest BCUT2D eigenvalue weighted by molar-refractivity contribution is 5.84. The molecule has 0 spiro atoms. The van der Waals surface area contributed by atoms with Gasteiger partial charge in [0.15, 0.2) is 0 Å². The molecule has 0 aromatic carbocycles. The van der Waals surface area contributed by atoms with Crippen LogP contribution in [0.5, 0.6) is 0 Å². The summed E-state index contributed by atoms with van der Waals surface area (Å²) in [5.74, 6) is 1.99. The highest BCUT2D eigenvalue weighted by Gasteiger charge is 2.35. The van der Waals surface area contributed by atoms with Gasteiger partial charge in [-0.3, -0.25) is 4.79 Å². The van der Waals surface area contributed by atoms with E-state index in [2.05, 4.69) is 25.3 Å². The molecule has 3 heterocycles. The van der Waals surface area contributed by atoms with Gasteiger partial charge in [-0.25, -0.2) is 19.9 Å². The summed E-state index contributed by atoms with van der Waals surface area (Å²) < 4.78 is 5.36. The summed E-state index contributed by atoms with van der Waals surface area (Å²) in [4.78, 5) is 32.0. The van der Waals surface area contributed by atoms with Crippen molar-refractivity contribution in [3.05, 3.63) is 36.0 Å². The number of aryl methyl sites for hydroxylation is 1. The fourth-order valence-corrected chi connectivity index (χ4v) is 3.21. The lowest BCUT2D eigenvalue weighted by molar-refractivity contribution is -0.152. The largest absolute Gasteiger partial charge is 0.369 e. The fourth-order valence-electron chi connectivity index (χ4n) is 3.21. The first-order valence-corrected chi connectivity index (χ1v) is 9.13. The summed E-state index contributed by atoms with van der Waals surface area (Å²) in [5, 5.41) is 3.12. The van der Waals surface area contributed by atoms with Crippen molar-refractivity contribution in [1.29, 1.82) is 0 Å². The summed E-state index contributed by atoms with van der Waals surface area (Å²) in [6.45, 7) is 6.84. The monoisotopic (exact) mass is 370 g/mol. The van der Waals surface area contributed by atoms with E-state index in [0.29, 0.717) is 24.1 Å². The molecule has 1 aliphatic heterocycles. The zero-order valence-corrected chi connectivity index (χ0v) is 16.3. The minimum atomic E-state index is -0.819. The molecule has 2 aromatic rings. The number of amides is 1. The number of piperidine rings is 1. The van der Waals surface area contributed by atoms with Crippen molar-refractivity contribution in [3.63, 3.8) is 0 Å². The number of carbonyl (C=O) groups is 1. The first-order valence-electron chi connectivity index (χ1n) is 9.13. The van der Waals surface area contributed by atoms with Crippen molar-refractivity contribution < 1.29 is 9.53 Å². The standard InChI is InChI=1S/C19H26N6O2/c1-13-22-15(11-16(23-13)24-18-20-8-6-9-21-18)14-7-5-10-25(12-14)17(26)19(2,3)27-4/h6,8-9,11,14H,5,7,10,12H2,1-4H3,(H,20,21,22,23,24)/t14-/m1/s1. The molecule has 0 aliphatic carbocycles. The Morgan fingerprint density at radius 1 is 1.30 bits per heavy atom. The van der Waals surface area contributed by atoms with Crippen LogP contribution in [-0.4, -0.2) is 56.5 Å². The van der Waals surface area contributed by atoms with E-state index in [1.54, 1.807) is 39.4 Å². The molecule has 0 radical (unpaired) electrons. The van der Waals surface area contributed by atoms with Crippen molar-refractivity contribution in [1.82, 2.24) is 24.8 Å². The Hall–Kier alpha value is -2.61. The smallest absolute Gasteiger partial charge is 0.254 e. The molecule has 27 heavy (non-hydrogen) atoms. The molecule has 2 aromatic heterocycles. The molecule has 3 rings (SSSR count). The van der Waals surface area contributed by atoms with Gasteiger partial charge in [-0.2, -0.15) is 0 Å². The molecule has 144 valence electrons. The molecular weight excluding hydrogens is 344 g/mol. The lowest BCUT2D eigenvalue weighted by Crippen LogP contribution is -2.49. The van der Waals surface area contributed by atoms with Crippen LogP contribution in [0.4, 0.5) is 11.8 Å². The van der Waals surface area contributed by atoms with Crippen LogP contribution >= 0.6 is 0 Å². The van der Waals surface area contributed by atoms with Crippen LogP contribution in [0.25, 0.3) is 0 Å². The molecule has 1 saturated heterocycles. The normalized spacial score (nSPS) is 17.6. The van der Waals surface area contributed by atoms with Crippen LogP contribution in [0.1, 0.15) is 44.1 Å². The van der Waals surface area contributed by atoms with Crippen LogP contribution in [-0.2, 0) is 9.53 Å². The number of carbonyl (C=O) groups excluding carboxylic acids is 1. The number of methoxy groups -OCH3 is 1. The minimum Gasteiger partial charge on any atom is -0.369 e. The number of anilines is 2. The lowest BCUT2D eigenvalue weighted by Gasteiger charge is -2.37. The Morgan fingerprint density at radius 3 is 2.74 bits per heavy atom. The Labute approximate surface area is 159 Å². The molecule has 1 N–H and O–H groups in total. The molecule has 1 fully saturated rings. The molecule has 8 heteroatoms. The molecule has 1 aliphatic rings. The quantitative estimate of drug-likeness (QED) is 0.864. The number of hydrogen-bond donors (Lipinski definition) is 1. The van der Waals surface area contributed by atoms with E-state index < -0.39 is 5.60 Å². The third kappa shape index (κ3) is 4.57. The van der Waals surface area contributed by atoms with Crippen molar-refractivity contribution in [2.45, 2.75) is 45.1 Å². The van der Waals surface area contributed by atoms with E-state index in [4.69, 9.17) is 4.74 Å². The van der Waals surface area contributed by atoms with Gasteiger partial charge in [0.05, 0.1) is 5.69 Å². The first kappa shape index (κ1) is 19.2. The Morgan fingerprint density at radius 2 is 2.04 bits per heavy atom. The summed E-state index contributed by atoms with van der Waals surface area (Å²) in [7, 11) is 1.57. The maximum atomic E-state index is 12.7. The molecular formula is C19H26N6O2. The zero-order valence-electron chi connectivity index (χ0n) is 16.3. The molecule has 1 amide bonds. The number of nitrogens with one attached hydrogen (secondary N) is 1. The van der Waals surface area contributed by atoms with Crippen molar-refractivity contribution in [2.24, 2.45) is 0 Å². The second-order valence-corrected chi connectivity index (χ2v) is 7.23. The third-order valence-corrected chi connectivity index (χ3v) is 4.82. The van der Waals surface area contributed by atoms with Crippen LogP contribution in [0.15, 0.2) is 24.5 Å². The summed E-state index contributed by atoms with van der Waals surface area (Å²) in [5.41, 5.74) is 0.106. The molecule has 0 saturated carbocycles. The van der Waals surface area contributed by atoms with E-state index in [1.807, 2.05) is 17.9 Å². The average molecular weight is 370 g/mol. The van der Waals surface area contributed by atoms with E-state index in [-0.39, 0.29) is 11.8 Å². The number of aromatic nitrogens is 4. The average Bonchev–Trinajstić information content (AvgIpc) is 2.68. The van der Waals surface area contributed by atoms with Gasteiger partial charge in [0.2, 0.25) is 5.95 Å². The van der Waals surface area contributed by atoms with E-state index in [1.165, 1.54) is 0 Å². The zero-order chi connectivity index (χ0) is 19.4. The van der Waals surface area contributed by atoms with Crippen molar-refractivity contribution in [3.8, 4) is 0 Å². The molecule has 8 nitrogen and oxygen atoms in total. The number of hydrogen-bond acceptors (Lipinski definition) is 7. The van der Waals surface area contributed by atoms with Crippen molar-refractivity contribution >= 4 is 17.7 Å². The lowest BCUT2D eigenvalue weighted by atomic mass is 9.93. The van der Waals surface area contributed by atoms with Gasteiger partial charge in [-0.1, -0.05) is 0 Å². The molecule has 1 atom stereocenters. The Balaban J connectivity index is 1.78. The SMILES string of the molecule is COC(C)(C)C(=O)N1CCC[C@@H](c2cc(Nc3ncccn3)nc(C)n2)C1. The maximum Gasteiger partial charge on any atom is 0.254 e. The maximum absolute atomic E-state index is 12.7. The predicted octanol–water partition coefficient (Wildman–Crippen LogP) is 2.45. The van der Waals surface area contributed by atoms with Crippen LogP contribution in [0.2, 0.25) is 0 Å². The van der Waals surface area contributed by atoms with Gasteiger partial charge < -0.3 is 15.0 Å².